The Hall–Kier alpha value is -1.18. The molecule has 1 amide bonds. The maximum absolute atomic E-state index is 12.5. The second kappa shape index (κ2) is 6.72. The average Bonchev–Trinajstić information content (AvgIpc) is 2.80. The molecule has 0 spiro atoms. The highest BCUT2D eigenvalue weighted by atomic mass is 79.9. The zero-order chi connectivity index (χ0) is 15.6. The van der Waals surface area contributed by atoms with Crippen LogP contribution in [0.5, 0.6) is 5.75 Å². The van der Waals surface area contributed by atoms with Crippen LogP contribution in [-0.2, 0) is 4.79 Å². The third-order valence-corrected chi connectivity index (χ3v) is 3.73. The van der Waals surface area contributed by atoms with Gasteiger partial charge in [0.1, 0.15) is 0 Å². The summed E-state index contributed by atoms with van der Waals surface area (Å²) in [4.78, 5) is 12.1. The first-order chi connectivity index (χ1) is 9.86. The van der Waals surface area contributed by atoms with Crippen LogP contribution in [0.3, 0.4) is 0 Å². The first-order valence-corrected chi connectivity index (χ1v) is 7.22. The number of alkyl halides is 2. The Bertz CT molecular complexity index is 584. The predicted octanol–water partition coefficient (Wildman–Crippen LogP) is 3.55. The van der Waals surface area contributed by atoms with Gasteiger partial charge in [-0.05, 0) is 34.5 Å². The zero-order valence-corrected chi connectivity index (χ0v) is 13.0. The van der Waals surface area contributed by atoms with Gasteiger partial charge in [0.25, 0.3) is 0 Å². The molecule has 0 radical (unpaired) electrons. The summed E-state index contributed by atoms with van der Waals surface area (Å²) in [6.45, 7) is -3.02. The van der Waals surface area contributed by atoms with Gasteiger partial charge in [-0.1, -0.05) is 23.8 Å². The van der Waals surface area contributed by atoms with Gasteiger partial charge in [0.15, 0.2) is 5.75 Å². The SMILES string of the molecule is NC1C=CC(C(=O)Nc2cc(Cl)cc(Br)c2OC(F)F)C1. The summed E-state index contributed by atoms with van der Waals surface area (Å²) in [5.41, 5.74) is 5.76. The molecule has 0 fully saturated rings. The molecule has 0 heterocycles. The number of benzene rings is 1. The monoisotopic (exact) mass is 380 g/mol. The highest BCUT2D eigenvalue weighted by Crippen LogP contribution is 2.38. The fraction of sp³-hybridized carbons (Fsp3) is 0.308. The zero-order valence-electron chi connectivity index (χ0n) is 10.7. The van der Waals surface area contributed by atoms with Crippen LogP contribution in [0.15, 0.2) is 28.8 Å². The number of carbonyl (C=O) groups excluding carboxylic acids is 1. The van der Waals surface area contributed by atoms with Gasteiger partial charge in [-0.3, -0.25) is 4.79 Å². The molecule has 0 aromatic heterocycles. The molecule has 2 atom stereocenters. The quantitative estimate of drug-likeness (QED) is 0.784. The van der Waals surface area contributed by atoms with E-state index in [1.54, 1.807) is 12.2 Å². The van der Waals surface area contributed by atoms with E-state index >= 15 is 0 Å². The summed E-state index contributed by atoms with van der Waals surface area (Å²) >= 11 is 8.95. The van der Waals surface area contributed by atoms with E-state index in [-0.39, 0.29) is 32.9 Å². The maximum atomic E-state index is 12.5. The van der Waals surface area contributed by atoms with Crippen molar-refractivity contribution in [3.05, 3.63) is 33.8 Å². The molecule has 0 saturated carbocycles. The Morgan fingerprint density at radius 3 is 2.76 bits per heavy atom. The topological polar surface area (TPSA) is 64.4 Å². The number of amides is 1. The van der Waals surface area contributed by atoms with E-state index in [4.69, 9.17) is 17.3 Å². The normalized spacial score (nSPS) is 20.9. The van der Waals surface area contributed by atoms with Gasteiger partial charge in [-0.15, -0.1) is 0 Å². The van der Waals surface area contributed by atoms with Crippen LogP contribution in [0.1, 0.15) is 6.42 Å². The third kappa shape index (κ3) is 4.15. The molecule has 0 bridgehead atoms. The molecule has 21 heavy (non-hydrogen) atoms. The van der Waals surface area contributed by atoms with E-state index < -0.39 is 12.5 Å². The minimum atomic E-state index is -3.02. The van der Waals surface area contributed by atoms with Crippen LogP contribution < -0.4 is 15.8 Å². The van der Waals surface area contributed by atoms with Crippen molar-refractivity contribution in [2.75, 3.05) is 5.32 Å². The fourth-order valence-electron chi connectivity index (χ4n) is 2.01. The lowest BCUT2D eigenvalue weighted by molar-refractivity contribution is -0.118. The highest BCUT2D eigenvalue weighted by Gasteiger charge is 2.24. The summed E-state index contributed by atoms with van der Waals surface area (Å²) in [5.74, 6) is -0.932. The Balaban J connectivity index is 2.22. The first-order valence-electron chi connectivity index (χ1n) is 6.05. The molecule has 114 valence electrons. The number of carbonyl (C=O) groups is 1. The molecule has 2 rings (SSSR count). The Morgan fingerprint density at radius 1 is 1.48 bits per heavy atom. The minimum absolute atomic E-state index is 0.0774. The maximum Gasteiger partial charge on any atom is 0.387 e. The van der Waals surface area contributed by atoms with Crippen LogP contribution in [-0.4, -0.2) is 18.6 Å². The number of ether oxygens (including phenoxy) is 1. The molecule has 2 unspecified atom stereocenters. The van der Waals surface area contributed by atoms with Crippen LogP contribution in [0.4, 0.5) is 14.5 Å². The summed E-state index contributed by atoms with van der Waals surface area (Å²) in [6.07, 6.45) is 3.89. The summed E-state index contributed by atoms with van der Waals surface area (Å²) in [7, 11) is 0. The second-order valence-electron chi connectivity index (χ2n) is 4.52. The lowest BCUT2D eigenvalue weighted by atomic mass is 10.1. The standard InChI is InChI=1S/C13H12BrClF2N2O2/c14-9-4-7(15)5-10(11(9)21-13(16)17)19-12(20)6-1-2-8(18)3-6/h1-2,4-6,8,13H,3,18H2,(H,19,20). The molecule has 8 heteroatoms. The van der Waals surface area contributed by atoms with Gasteiger partial charge in [0.2, 0.25) is 5.91 Å². The second-order valence-corrected chi connectivity index (χ2v) is 5.81. The van der Waals surface area contributed by atoms with E-state index in [2.05, 4.69) is 26.0 Å². The molecule has 1 aromatic carbocycles. The van der Waals surface area contributed by atoms with Crippen molar-refractivity contribution in [3.63, 3.8) is 0 Å². The van der Waals surface area contributed by atoms with Crippen molar-refractivity contribution in [3.8, 4) is 5.75 Å². The fourth-order valence-corrected chi connectivity index (χ4v) is 2.91. The third-order valence-electron chi connectivity index (χ3n) is 2.93. The van der Waals surface area contributed by atoms with Crippen LogP contribution in [0.25, 0.3) is 0 Å². The van der Waals surface area contributed by atoms with Gasteiger partial charge < -0.3 is 15.8 Å². The number of hydrogen-bond acceptors (Lipinski definition) is 3. The number of anilines is 1. The summed E-state index contributed by atoms with van der Waals surface area (Å²) in [5, 5.41) is 2.82. The predicted molar refractivity (Wildman–Crippen MR) is 79.6 cm³/mol. The van der Waals surface area contributed by atoms with E-state index in [0.717, 1.165) is 0 Å². The van der Waals surface area contributed by atoms with E-state index in [1.807, 2.05) is 0 Å². The van der Waals surface area contributed by atoms with Crippen LogP contribution >= 0.6 is 27.5 Å². The van der Waals surface area contributed by atoms with Crippen molar-refractivity contribution in [1.29, 1.82) is 0 Å². The first kappa shape index (κ1) is 16.2. The number of nitrogens with one attached hydrogen (secondary N) is 1. The Kier molecular flexibility index (Phi) is 5.18. The Morgan fingerprint density at radius 2 is 2.19 bits per heavy atom. The largest absolute Gasteiger partial charge is 0.431 e. The summed E-state index contributed by atoms with van der Waals surface area (Å²) < 4.78 is 29.6. The van der Waals surface area contributed by atoms with Gasteiger partial charge >= 0.3 is 6.61 Å². The molecule has 0 saturated heterocycles. The molecular weight excluding hydrogens is 370 g/mol. The minimum Gasteiger partial charge on any atom is -0.431 e. The van der Waals surface area contributed by atoms with Gasteiger partial charge in [0, 0.05) is 11.1 Å². The van der Waals surface area contributed by atoms with E-state index in [1.165, 1.54) is 12.1 Å². The van der Waals surface area contributed by atoms with Crippen molar-refractivity contribution < 1.29 is 18.3 Å². The van der Waals surface area contributed by atoms with Gasteiger partial charge in [0.05, 0.1) is 16.1 Å². The van der Waals surface area contributed by atoms with Crippen LogP contribution in [0.2, 0.25) is 5.02 Å². The smallest absolute Gasteiger partial charge is 0.387 e. The molecule has 4 nitrogen and oxygen atoms in total. The highest BCUT2D eigenvalue weighted by molar-refractivity contribution is 9.10. The number of halogens is 4. The number of nitrogens with two attached hydrogens (primary N) is 1. The van der Waals surface area contributed by atoms with E-state index in [9.17, 15) is 13.6 Å². The Labute approximate surface area is 133 Å². The van der Waals surface area contributed by atoms with Crippen LogP contribution in [0, 0.1) is 5.92 Å². The van der Waals surface area contributed by atoms with Crippen molar-refractivity contribution in [2.24, 2.45) is 11.7 Å². The number of hydrogen-bond donors (Lipinski definition) is 2. The van der Waals surface area contributed by atoms with Crippen molar-refractivity contribution in [1.82, 2.24) is 0 Å². The molecule has 1 aliphatic rings. The lowest BCUT2D eigenvalue weighted by Crippen LogP contribution is -2.24. The van der Waals surface area contributed by atoms with Gasteiger partial charge in [-0.2, -0.15) is 8.78 Å². The summed E-state index contributed by atoms with van der Waals surface area (Å²) in [6, 6.07) is 2.57. The lowest BCUT2D eigenvalue weighted by Gasteiger charge is -2.16. The van der Waals surface area contributed by atoms with E-state index in [0.29, 0.717) is 6.42 Å². The molecule has 3 N–H and O–H groups in total. The number of rotatable bonds is 4. The molecule has 1 aromatic rings. The molecule has 0 aliphatic heterocycles. The van der Waals surface area contributed by atoms with Crippen molar-refractivity contribution >= 4 is 39.1 Å². The van der Waals surface area contributed by atoms with Gasteiger partial charge in [-0.25, -0.2) is 0 Å². The van der Waals surface area contributed by atoms with Crippen molar-refractivity contribution in [2.45, 2.75) is 19.1 Å². The molecular formula is C13H12BrClF2N2O2. The average molecular weight is 382 g/mol. The molecule has 1 aliphatic carbocycles.